The minimum absolute atomic E-state index is 0.193. The number of H-pyrrole nitrogens is 1. The summed E-state index contributed by atoms with van der Waals surface area (Å²) in [5.74, 6) is 0.193. The molecule has 2 aliphatic rings. The van der Waals surface area contributed by atoms with Gasteiger partial charge in [0.15, 0.2) is 35.0 Å². The smallest absolute Gasteiger partial charge is 0.382 e. The fraction of sp³-hybridized carbons (Fsp3) is 0.526. The van der Waals surface area contributed by atoms with E-state index in [1.165, 1.54) is 12.7 Å². The van der Waals surface area contributed by atoms with Gasteiger partial charge in [0.1, 0.15) is 30.3 Å². The number of aromatic amines is 1. The van der Waals surface area contributed by atoms with Crippen LogP contribution in [0.1, 0.15) is 25.3 Å². The molecule has 2 fully saturated rings. The van der Waals surface area contributed by atoms with Crippen molar-refractivity contribution in [3.63, 3.8) is 0 Å². The Kier molecular flexibility index (Phi) is 7.68. The molecule has 4 aromatic rings. The molecule has 0 saturated carbocycles. The van der Waals surface area contributed by atoms with Crippen molar-refractivity contribution in [2.45, 2.75) is 49.8 Å². The van der Waals surface area contributed by atoms with Crippen molar-refractivity contribution in [2.75, 3.05) is 18.9 Å². The van der Waals surface area contributed by atoms with Crippen LogP contribution >= 0.6 is 7.82 Å². The van der Waals surface area contributed by atoms with Crippen LogP contribution in [0.5, 0.6) is 0 Å². The lowest BCUT2D eigenvalue weighted by Crippen LogP contribution is -2.41. The summed E-state index contributed by atoms with van der Waals surface area (Å²) >= 11 is 0. The molecule has 4 aromatic heterocycles. The van der Waals surface area contributed by atoms with E-state index in [0.717, 1.165) is 11.0 Å². The van der Waals surface area contributed by atoms with Crippen molar-refractivity contribution < 1.29 is 45.3 Å². The largest absolute Gasteiger partial charge is 0.469 e. The second kappa shape index (κ2) is 11.2. The molecular weight excluding hydrogens is 624 g/mol. The summed E-state index contributed by atoms with van der Waals surface area (Å²) in [6.45, 7) is -1.22. The highest BCUT2D eigenvalue weighted by Crippen LogP contribution is 2.40. The summed E-state index contributed by atoms with van der Waals surface area (Å²) in [4.78, 5) is 48.6. The van der Waals surface area contributed by atoms with Gasteiger partial charge in [-0.15, -0.1) is 5.10 Å². The molecule has 0 amide bonds. The number of fused-ring (bicyclic) bond motifs is 2. The lowest BCUT2D eigenvalue weighted by molar-refractivity contribution is -0.0481. The second-order valence-corrected chi connectivity index (χ2v) is 12.1. The summed E-state index contributed by atoms with van der Waals surface area (Å²) in [7, 11) is -9.76. The third-order valence-corrected chi connectivity index (χ3v) is 8.17. The number of nitrogen functional groups attached to an aromatic ring is 1. The number of nitrogens with zero attached hydrogens (tertiary/aromatic N) is 8. The molecule has 6 atom stereocenters. The minimum atomic E-state index is -5.07. The first-order chi connectivity index (χ1) is 20.4. The molecule has 0 unspecified atom stereocenters. The van der Waals surface area contributed by atoms with E-state index >= 15 is 4.39 Å². The number of rotatable bonds is 10. The van der Waals surface area contributed by atoms with Gasteiger partial charge < -0.3 is 30.0 Å². The Bertz CT molecular complexity index is 1860. The molecule has 6 rings (SSSR count). The number of nitrogens with one attached hydrogen (secondary N) is 2. The average Bonchev–Trinajstić information content (AvgIpc) is 3.73. The predicted octanol–water partition coefficient (Wildman–Crippen LogP) is -1.82. The Balaban J connectivity index is 1.14. The normalized spacial score (nSPS) is 26.6. The standard InChI is InChI=1S/C19H23FN11O10PS/c20-11-14(9(4-38-42(33,34)35)40-19(11)31-17-13(28-29-31)18(32)25-6-24-17)41-43(36,37)27-3-8-1-2-10(39-8)30-7-26-12-15(21)22-5-23-16(12)30/h5-11,14,19,27H,1-4H2,(H2,21,22,23)(H,24,25,32)(H2,33,34,35)/t8-,9+,10+,11-,14+,19+/m0/s1. The topological polar surface area (TPSA) is 287 Å². The molecule has 24 heteroatoms. The number of halogens is 1. The number of imidazole rings is 1. The van der Waals surface area contributed by atoms with Gasteiger partial charge in [-0.3, -0.25) is 13.9 Å². The van der Waals surface area contributed by atoms with Gasteiger partial charge in [0.2, 0.25) is 0 Å². The van der Waals surface area contributed by atoms with Gasteiger partial charge >= 0.3 is 18.1 Å². The van der Waals surface area contributed by atoms with Crippen molar-refractivity contribution in [3.05, 3.63) is 29.3 Å². The molecule has 43 heavy (non-hydrogen) atoms. The predicted molar refractivity (Wildman–Crippen MR) is 137 cm³/mol. The third-order valence-electron chi connectivity index (χ3n) is 6.69. The number of alkyl halides is 1. The van der Waals surface area contributed by atoms with Crippen LogP contribution in [-0.2, 0) is 33.0 Å². The molecule has 2 aliphatic heterocycles. The van der Waals surface area contributed by atoms with E-state index in [2.05, 4.69) is 44.5 Å². The first-order valence-electron chi connectivity index (χ1n) is 12.4. The molecule has 0 aliphatic carbocycles. The van der Waals surface area contributed by atoms with Crippen LogP contribution in [0.2, 0.25) is 0 Å². The number of aromatic nitrogens is 9. The molecule has 232 valence electrons. The van der Waals surface area contributed by atoms with Gasteiger partial charge in [-0.25, -0.2) is 33.1 Å². The fourth-order valence-electron chi connectivity index (χ4n) is 4.76. The summed E-state index contributed by atoms with van der Waals surface area (Å²) in [5, 5.41) is 7.30. The van der Waals surface area contributed by atoms with Crippen LogP contribution in [0.15, 0.2) is 23.8 Å². The SMILES string of the molecule is Nc1ncnc2c1ncn2[C@H]1CC[C@@H](CNS(=O)(=O)O[C@H]2[C@H](F)[C@H](n3nnc4c(=O)[nH]cnc43)O[C@@H]2COP(=O)(O)O)O1. The van der Waals surface area contributed by atoms with E-state index in [1.807, 2.05) is 0 Å². The van der Waals surface area contributed by atoms with Crippen LogP contribution in [0.25, 0.3) is 22.3 Å². The van der Waals surface area contributed by atoms with Crippen LogP contribution in [0.3, 0.4) is 0 Å². The Morgan fingerprint density at radius 1 is 1.19 bits per heavy atom. The summed E-state index contributed by atoms with van der Waals surface area (Å²) in [6.07, 6.45) is -4.12. The Labute approximate surface area is 239 Å². The maximum Gasteiger partial charge on any atom is 0.469 e. The lowest BCUT2D eigenvalue weighted by Gasteiger charge is -2.20. The molecule has 21 nitrogen and oxygen atoms in total. The quantitative estimate of drug-likeness (QED) is 0.118. The summed E-state index contributed by atoms with van der Waals surface area (Å²) in [5.41, 5.74) is 5.52. The monoisotopic (exact) mass is 647 g/mol. The average molecular weight is 647 g/mol. The highest BCUT2D eigenvalue weighted by atomic mass is 32.2. The van der Waals surface area contributed by atoms with Crippen molar-refractivity contribution in [3.8, 4) is 0 Å². The van der Waals surface area contributed by atoms with Gasteiger partial charge in [-0.2, -0.15) is 17.8 Å². The number of phosphoric acid groups is 1. The van der Waals surface area contributed by atoms with Gasteiger partial charge in [0.25, 0.3) is 5.56 Å². The zero-order valence-electron chi connectivity index (χ0n) is 21.6. The zero-order chi connectivity index (χ0) is 30.5. The van der Waals surface area contributed by atoms with E-state index in [0.29, 0.717) is 24.0 Å². The maximum absolute atomic E-state index is 15.7. The number of hydrogen-bond acceptors (Lipinski definition) is 15. The lowest BCUT2D eigenvalue weighted by atomic mass is 10.1. The fourth-order valence-corrected chi connectivity index (χ4v) is 6.08. The van der Waals surface area contributed by atoms with E-state index in [-0.39, 0.29) is 23.5 Å². The van der Waals surface area contributed by atoms with Crippen molar-refractivity contribution in [1.29, 1.82) is 0 Å². The summed E-state index contributed by atoms with van der Waals surface area (Å²) in [6, 6.07) is 0. The van der Waals surface area contributed by atoms with Crippen molar-refractivity contribution in [1.82, 2.24) is 49.2 Å². The van der Waals surface area contributed by atoms with Gasteiger partial charge in [0.05, 0.1) is 25.4 Å². The molecule has 0 spiro atoms. The highest BCUT2D eigenvalue weighted by molar-refractivity contribution is 7.84. The maximum atomic E-state index is 15.7. The number of ether oxygens (including phenoxy) is 2. The molecule has 0 bridgehead atoms. The van der Waals surface area contributed by atoms with E-state index < -0.39 is 67.2 Å². The first kappa shape index (κ1) is 29.5. The number of anilines is 1. The number of nitrogens with two attached hydrogens (primary N) is 1. The number of phosphoric ester groups is 1. The van der Waals surface area contributed by atoms with Crippen LogP contribution in [0.4, 0.5) is 10.2 Å². The molecule has 6 heterocycles. The van der Waals surface area contributed by atoms with Crippen LogP contribution < -0.4 is 16.0 Å². The molecule has 2 saturated heterocycles. The van der Waals surface area contributed by atoms with Crippen molar-refractivity contribution in [2.24, 2.45) is 0 Å². The van der Waals surface area contributed by atoms with E-state index in [1.54, 1.807) is 4.57 Å². The molecule has 0 aromatic carbocycles. The summed E-state index contributed by atoms with van der Waals surface area (Å²) < 4.78 is 78.2. The zero-order valence-corrected chi connectivity index (χ0v) is 23.3. The Morgan fingerprint density at radius 3 is 2.79 bits per heavy atom. The van der Waals surface area contributed by atoms with E-state index in [9.17, 15) is 17.8 Å². The van der Waals surface area contributed by atoms with Gasteiger partial charge in [-0.1, -0.05) is 5.21 Å². The minimum Gasteiger partial charge on any atom is -0.382 e. The number of hydrogen-bond donors (Lipinski definition) is 5. The van der Waals surface area contributed by atoms with E-state index in [4.69, 9.17) is 29.2 Å². The molecular formula is C19H23FN11O10PS. The second-order valence-electron chi connectivity index (χ2n) is 9.47. The molecule has 6 N–H and O–H groups in total. The van der Waals surface area contributed by atoms with Gasteiger partial charge in [-0.05, 0) is 12.8 Å². The third kappa shape index (κ3) is 5.98. The Morgan fingerprint density at radius 2 is 2.00 bits per heavy atom. The van der Waals surface area contributed by atoms with Gasteiger partial charge in [0, 0.05) is 6.54 Å². The highest BCUT2D eigenvalue weighted by Gasteiger charge is 2.51. The van der Waals surface area contributed by atoms with Crippen molar-refractivity contribution >= 4 is 46.3 Å². The first-order valence-corrected chi connectivity index (χ1v) is 15.4. The Hall–Kier alpha value is -3.54. The molecule has 0 radical (unpaired) electrons. The van der Waals surface area contributed by atoms with Crippen LogP contribution in [0, 0.1) is 0 Å². The van der Waals surface area contributed by atoms with Crippen LogP contribution in [-0.4, -0.2) is 100 Å².